The van der Waals surface area contributed by atoms with Gasteiger partial charge in [-0.1, -0.05) is 12.1 Å². The molecule has 0 aromatic heterocycles. The predicted molar refractivity (Wildman–Crippen MR) is 57.9 cm³/mol. The van der Waals surface area contributed by atoms with E-state index in [0.29, 0.717) is 5.88 Å². The van der Waals surface area contributed by atoms with E-state index in [0.717, 1.165) is 11.4 Å². The van der Waals surface area contributed by atoms with Crippen LogP contribution < -0.4 is 4.90 Å². The lowest BCUT2D eigenvalue weighted by Crippen LogP contribution is -2.14. The van der Waals surface area contributed by atoms with Crippen LogP contribution in [-0.4, -0.2) is 19.6 Å². The summed E-state index contributed by atoms with van der Waals surface area (Å²) in [5.74, 6) is 0.673. The van der Waals surface area contributed by atoms with Crippen LogP contribution in [0.4, 0.5) is 11.4 Å². The van der Waals surface area contributed by atoms with Crippen molar-refractivity contribution in [2.24, 2.45) is 4.99 Å². The first-order valence-corrected chi connectivity index (χ1v) is 4.30. The molecule has 0 fully saturated rings. The molecule has 0 heterocycles. The van der Waals surface area contributed by atoms with Gasteiger partial charge in [-0.25, -0.2) is 0 Å². The van der Waals surface area contributed by atoms with Gasteiger partial charge in [-0.2, -0.15) is 12.6 Å². The smallest absolute Gasteiger partial charge is 0.0855 e. The standard InChI is InChI=1S/C9H12N2S/c1-10-8-5-3-4-6-9(8)11(2)7-12/h3-6,12H,1,7H2,2H3. The van der Waals surface area contributed by atoms with E-state index in [2.05, 4.69) is 24.3 Å². The molecule has 3 heteroatoms. The summed E-state index contributed by atoms with van der Waals surface area (Å²) in [7, 11) is 1.97. The number of hydrogen-bond donors (Lipinski definition) is 1. The summed E-state index contributed by atoms with van der Waals surface area (Å²) in [4.78, 5) is 5.92. The van der Waals surface area contributed by atoms with E-state index >= 15 is 0 Å². The fourth-order valence-electron chi connectivity index (χ4n) is 0.997. The minimum Gasteiger partial charge on any atom is -0.364 e. The van der Waals surface area contributed by atoms with E-state index in [1.807, 2.05) is 36.2 Å². The quantitative estimate of drug-likeness (QED) is 0.429. The number of benzene rings is 1. The van der Waals surface area contributed by atoms with Crippen LogP contribution in [0.2, 0.25) is 0 Å². The van der Waals surface area contributed by atoms with Crippen molar-refractivity contribution >= 4 is 30.7 Å². The van der Waals surface area contributed by atoms with Gasteiger partial charge in [-0.05, 0) is 18.9 Å². The first-order chi connectivity index (χ1) is 5.79. The summed E-state index contributed by atoms with van der Waals surface area (Å²) >= 11 is 4.18. The van der Waals surface area contributed by atoms with Gasteiger partial charge in [-0.15, -0.1) is 0 Å². The molecule has 12 heavy (non-hydrogen) atoms. The van der Waals surface area contributed by atoms with Crippen LogP contribution >= 0.6 is 12.6 Å². The largest absolute Gasteiger partial charge is 0.364 e. The third-order valence-electron chi connectivity index (χ3n) is 1.68. The van der Waals surface area contributed by atoms with E-state index in [1.165, 1.54) is 0 Å². The number of para-hydroxylation sites is 2. The molecule has 0 unspecified atom stereocenters. The molecule has 0 saturated carbocycles. The normalized spacial score (nSPS) is 9.50. The van der Waals surface area contributed by atoms with Crippen molar-refractivity contribution in [3.8, 4) is 0 Å². The summed E-state index contributed by atoms with van der Waals surface area (Å²) < 4.78 is 0. The summed E-state index contributed by atoms with van der Waals surface area (Å²) in [6.45, 7) is 3.51. The zero-order valence-electron chi connectivity index (χ0n) is 7.07. The predicted octanol–water partition coefficient (Wildman–Crippen LogP) is 2.34. The van der Waals surface area contributed by atoms with Crippen molar-refractivity contribution in [2.75, 3.05) is 17.8 Å². The highest BCUT2D eigenvalue weighted by Gasteiger charge is 2.02. The van der Waals surface area contributed by atoms with Crippen molar-refractivity contribution in [2.45, 2.75) is 0 Å². The van der Waals surface area contributed by atoms with Gasteiger partial charge in [0.15, 0.2) is 0 Å². The third kappa shape index (κ3) is 1.80. The molecular weight excluding hydrogens is 168 g/mol. The highest BCUT2D eigenvalue weighted by molar-refractivity contribution is 7.80. The summed E-state index contributed by atoms with van der Waals surface area (Å²) in [6, 6.07) is 7.85. The first kappa shape index (κ1) is 9.13. The summed E-state index contributed by atoms with van der Waals surface area (Å²) in [5, 5.41) is 0. The Kier molecular flexibility index (Phi) is 3.17. The minimum absolute atomic E-state index is 0.673. The van der Waals surface area contributed by atoms with Crippen LogP contribution in [0.5, 0.6) is 0 Å². The van der Waals surface area contributed by atoms with Crippen LogP contribution in [0, 0.1) is 0 Å². The molecule has 0 spiro atoms. The van der Waals surface area contributed by atoms with Gasteiger partial charge in [0.1, 0.15) is 0 Å². The van der Waals surface area contributed by atoms with Crippen LogP contribution in [0.25, 0.3) is 0 Å². The fourth-order valence-corrected chi connectivity index (χ4v) is 1.15. The molecule has 0 radical (unpaired) electrons. The fraction of sp³-hybridized carbons (Fsp3) is 0.222. The molecular formula is C9H12N2S. The van der Waals surface area contributed by atoms with E-state index in [9.17, 15) is 0 Å². The van der Waals surface area contributed by atoms with E-state index in [1.54, 1.807) is 0 Å². The van der Waals surface area contributed by atoms with Gasteiger partial charge in [0.05, 0.1) is 17.3 Å². The lowest BCUT2D eigenvalue weighted by Gasteiger charge is -2.17. The monoisotopic (exact) mass is 180 g/mol. The average Bonchev–Trinajstić information content (AvgIpc) is 2.16. The number of anilines is 1. The molecule has 0 aliphatic carbocycles. The molecule has 0 atom stereocenters. The second-order valence-electron chi connectivity index (χ2n) is 2.49. The molecule has 0 aliphatic heterocycles. The van der Waals surface area contributed by atoms with Crippen LogP contribution in [0.3, 0.4) is 0 Å². The van der Waals surface area contributed by atoms with Crippen LogP contribution in [0.15, 0.2) is 29.3 Å². The van der Waals surface area contributed by atoms with E-state index < -0.39 is 0 Å². The Labute approximate surface area is 78.3 Å². The Morgan fingerprint density at radius 1 is 1.50 bits per heavy atom. The van der Waals surface area contributed by atoms with Gasteiger partial charge in [0.25, 0.3) is 0 Å². The van der Waals surface area contributed by atoms with Gasteiger partial charge < -0.3 is 4.90 Å². The molecule has 64 valence electrons. The highest BCUT2D eigenvalue weighted by atomic mass is 32.1. The number of aliphatic imine (C=N–C) groups is 1. The van der Waals surface area contributed by atoms with Gasteiger partial charge in [0.2, 0.25) is 0 Å². The Morgan fingerprint density at radius 3 is 2.75 bits per heavy atom. The second kappa shape index (κ2) is 4.16. The van der Waals surface area contributed by atoms with E-state index in [4.69, 9.17) is 0 Å². The molecule has 0 N–H and O–H groups in total. The molecule has 0 amide bonds. The maximum Gasteiger partial charge on any atom is 0.0855 e. The van der Waals surface area contributed by atoms with Gasteiger partial charge in [0, 0.05) is 7.05 Å². The zero-order chi connectivity index (χ0) is 8.97. The van der Waals surface area contributed by atoms with Gasteiger partial charge >= 0.3 is 0 Å². The maximum atomic E-state index is 4.18. The molecule has 1 aromatic carbocycles. The summed E-state index contributed by atoms with van der Waals surface area (Å²) in [6.07, 6.45) is 0. The molecule has 1 rings (SSSR count). The third-order valence-corrected chi connectivity index (χ3v) is 2.10. The molecule has 0 aliphatic rings. The number of nitrogens with zero attached hydrogens (tertiary/aromatic N) is 2. The molecule has 0 bridgehead atoms. The number of rotatable bonds is 3. The lowest BCUT2D eigenvalue weighted by molar-refractivity contribution is 1.10. The first-order valence-electron chi connectivity index (χ1n) is 3.67. The van der Waals surface area contributed by atoms with Crippen molar-refractivity contribution in [3.63, 3.8) is 0 Å². The average molecular weight is 180 g/mol. The van der Waals surface area contributed by atoms with Crippen molar-refractivity contribution in [1.29, 1.82) is 0 Å². The van der Waals surface area contributed by atoms with Gasteiger partial charge in [-0.3, -0.25) is 4.99 Å². The Bertz CT molecular complexity index is 273. The molecule has 1 aromatic rings. The highest BCUT2D eigenvalue weighted by Crippen LogP contribution is 2.26. The van der Waals surface area contributed by atoms with Crippen molar-refractivity contribution in [1.82, 2.24) is 0 Å². The summed E-state index contributed by atoms with van der Waals surface area (Å²) in [5.41, 5.74) is 1.96. The Balaban J connectivity index is 3.04. The Morgan fingerprint density at radius 2 is 2.17 bits per heavy atom. The zero-order valence-corrected chi connectivity index (χ0v) is 7.96. The van der Waals surface area contributed by atoms with E-state index in [-0.39, 0.29) is 0 Å². The SMILES string of the molecule is C=Nc1ccccc1N(C)CS. The topological polar surface area (TPSA) is 15.6 Å². The lowest BCUT2D eigenvalue weighted by atomic mass is 10.2. The number of hydrogen-bond acceptors (Lipinski definition) is 3. The minimum atomic E-state index is 0.673. The van der Waals surface area contributed by atoms with Crippen LogP contribution in [-0.2, 0) is 0 Å². The van der Waals surface area contributed by atoms with Crippen LogP contribution in [0.1, 0.15) is 0 Å². The molecule has 2 nitrogen and oxygen atoms in total. The maximum absolute atomic E-state index is 4.18. The molecule has 0 saturated heterocycles. The second-order valence-corrected chi connectivity index (χ2v) is 2.77. The van der Waals surface area contributed by atoms with Crippen molar-refractivity contribution in [3.05, 3.63) is 24.3 Å². The van der Waals surface area contributed by atoms with Crippen molar-refractivity contribution < 1.29 is 0 Å². The number of thiol groups is 1. The Hall–Kier alpha value is -0.960.